The van der Waals surface area contributed by atoms with Crippen LogP contribution in [0, 0.1) is 13.8 Å². The number of carbonyl (C=O) groups is 3. The van der Waals surface area contributed by atoms with E-state index in [1.807, 2.05) is 6.92 Å². The third-order valence-electron chi connectivity index (χ3n) is 3.74. The molecule has 10 nitrogen and oxygen atoms in total. The standard InChI is InChI=1S/C16H22N6O4/c1-4-5-6-17-16(25)21-13(23)8-26-14(24)7-12-10(2)20-15-18-9-19-22(15)11(12)3/h9H,4-8H2,1-3H3,(H2,17,21,23,25). The van der Waals surface area contributed by atoms with Gasteiger partial charge in [0.25, 0.3) is 11.7 Å². The van der Waals surface area contributed by atoms with E-state index in [-0.39, 0.29) is 6.42 Å². The molecule has 2 rings (SSSR count). The Balaban J connectivity index is 1.85. The first-order chi connectivity index (χ1) is 12.4. The van der Waals surface area contributed by atoms with Crippen molar-refractivity contribution < 1.29 is 19.1 Å². The van der Waals surface area contributed by atoms with Crippen LogP contribution in [-0.2, 0) is 20.7 Å². The van der Waals surface area contributed by atoms with Crippen molar-refractivity contribution in [2.45, 2.75) is 40.0 Å². The fourth-order valence-electron chi connectivity index (χ4n) is 2.34. The van der Waals surface area contributed by atoms with Gasteiger partial charge in [-0.1, -0.05) is 13.3 Å². The lowest BCUT2D eigenvalue weighted by Crippen LogP contribution is -2.41. The van der Waals surface area contributed by atoms with E-state index >= 15 is 0 Å². The Labute approximate surface area is 150 Å². The number of aromatic nitrogens is 4. The maximum Gasteiger partial charge on any atom is 0.321 e. The quantitative estimate of drug-likeness (QED) is 0.541. The minimum absolute atomic E-state index is 0.0591. The summed E-state index contributed by atoms with van der Waals surface area (Å²) in [5.74, 6) is -0.838. The van der Waals surface area contributed by atoms with Gasteiger partial charge in [-0.05, 0) is 20.3 Å². The Bertz CT molecular complexity index is 816. The molecular formula is C16H22N6O4. The number of imide groups is 1. The fraction of sp³-hybridized carbons (Fsp3) is 0.500. The number of nitrogens with zero attached hydrogens (tertiary/aromatic N) is 4. The minimum atomic E-state index is -0.689. The minimum Gasteiger partial charge on any atom is -0.455 e. The van der Waals surface area contributed by atoms with Crippen molar-refractivity contribution in [1.29, 1.82) is 0 Å². The molecule has 2 heterocycles. The molecular weight excluding hydrogens is 340 g/mol. The third-order valence-corrected chi connectivity index (χ3v) is 3.74. The summed E-state index contributed by atoms with van der Waals surface area (Å²) in [7, 11) is 0. The van der Waals surface area contributed by atoms with Crippen molar-refractivity contribution in [1.82, 2.24) is 30.2 Å². The van der Waals surface area contributed by atoms with E-state index in [0.29, 0.717) is 23.6 Å². The Hall–Kier alpha value is -3.04. The van der Waals surface area contributed by atoms with Crippen LogP contribution in [0.3, 0.4) is 0 Å². The van der Waals surface area contributed by atoms with Gasteiger partial charge in [-0.3, -0.25) is 14.9 Å². The number of unbranched alkanes of at least 4 members (excludes halogenated alkanes) is 1. The van der Waals surface area contributed by atoms with Crippen LogP contribution in [0.25, 0.3) is 5.78 Å². The van der Waals surface area contributed by atoms with Gasteiger partial charge in [0.05, 0.1) is 6.42 Å². The number of ether oxygens (including phenoxy) is 1. The second-order valence-electron chi connectivity index (χ2n) is 5.73. The van der Waals surface area contributed by atoms with Gasteiger partial charge in [0.15, 0.2) is 6.61 Å². The number of hydrogen-bond acceptors (Lipinski definition) is 7. The van der Waals surface area contributed by atoms with E-state index in [9.17, 15) is 14.4 Å². The van der Waals surface area contributed by atoms with Crippen LogP contribution in [0.15, 0.2) is 6.33 Å². The molecule has 0 aliphatic rings. The molecule has 0 saturated carbocycles. The van der Waals surface area contributed by atoms with Crippen LogP contribution in [0.4, 0.5) is 4.79 Å². The zero-order valence-electron chi connectivity index (χ0n) is 15.0. The van der Waals surface area contributed by atoms with Crippen LogP contribution < -0.4 is 10.6 Å². The summed E-state index contributed by atoms with van der Waals surface area (Å²) in [6, 6.07) is -0.605. The van der Waals surface area contributed by atoms with Gasteiger partial charge in [0, 0.05) is 23.5 Å². The summed E-state index contributed by atoms with van der Waals surface area (Å²) in [6.45, 7) is 5.50. The summed E-state index contributed by atoms with van der Waals surface area (Å²) in [5, 5.41) is 8.68. The van der Waals surface area contributed by atoms with E-state index in [1.165, 1.54) is 10.8 Å². The molecule has 26 heavy (non-hydrogen) atoms. The molecule has 0 atom stereocenters. The normalized spacial score (nSPS) is 10.6. The summed E-state index contributed by atoms with van der Waals surface area (Å²) < 4.78 is 6.46. The number of fused-ring (bicyclic) bond motifs is 1. The average Bonchev–Trinajstić information content (AvgIpc) is 3.05. The zero-order valence-corrected chi connectivity index (χ0v) is 15.0. The van der Waals surface area contributed by atoms with Crippen molar-refractivity contribution in [2.75, 3.05) is 13.2 Å². The molecule has 0 aliphatic carbocycles. The van der Waals surface area contributed by atoms with E-state index in [1.54, 1.807) is 13.8 Å². The highest BCUT2D eigenvalue weighted by Gasteiger charge is 2.16. The molecule has 3 amide bonds. The van der Waals surface area contributed by atoms with Crippen LogP contribution in [0.1, 0.15) is 36.7 Å². The number of urea groups is 1. The number of nitrogens with one attached hydrogen (secondary N) is 2. The van der Waals surface area contributed by atoms with Gasteiger partial charge < -0.3 is 10.1 Å². The lowest BCUT2D eigenvalue weighted by atomic mass is 10.1. The smallest absolute Gasteiger partial charge is 0.321 e. The van der Waals surface area contributed by atoms with E-state index in [4.69, 9.17) is 4.74 Å². The number of aryl methyl sites for hydroxylation is 2. The molecule has 0 aromatic carbocycles. The molecule has 2 N–H and O–H groups in total. The van der Waals surface area contributed by atoms with Gasteiger partial charge in [0.2, 0.25) is 0 Å². The van der Waals surface area contributed by atoms with E-state index < -0.39 is 24.5 Å². The topological polar surface area (TPSA) is 128 Å². The number of rotatable bonds is 7. The number of hydrogen-bond donors (Lipinski definition) is 2. The molecule has 0 aliphatic heterocycles. The van der Waals surface area contributed by atoms with Crippen LogP contribution in [-0.4, -0.2) is 50.6 Å². The maximum absolute atomic E-state index is 12.0. The molecule has 0 bridgehead atoms. The molecule has 0 fully saturated rings. The molecule has 140 valence electrons. The van der Waals surface area contributed by atoms with Gasteiger partial charge in [-0.2, -0.15) is 10.1 Å². The van der Waals surface area contributed by atoms with E-state index in [0.717, 1.165) is 18.5 Å². The molecule has 10 heteroatoms. The number of esters is 1. The monoisotopic (exact) mass is 362 g/mol. The number of carbonyl (C=O) groups excluding carboxylic acids is 3. The van der Waals surface area contributed by atoms with Crippen molar-refractivity contribution in [3.63, 3.8) is 0 Å². The van der Waals surface area contributed by atoms with Crippen molar-refractivity contribution >= 4 is 23.7 Å². The molecule has 0 unspecified atom stereocenters. The highest BCUT2D eigenvalue weighted by Crippen LogP contribution is 2.14. The summed E-state index contributed by atoms with van der Waals surface area (Å²) >= 11 is 0. The predicted octanol–water partition coefficient (Wildman–Crippen LogP) is 0.453. The summed E-state index contributed by atoms with van der Waals surface area (Å²) in [4.78, 5) is 43.4. The Morgan fingerprint density at radius 2 is 2.04 bits per heavy atom. The molecule has 2 aromatic rings. The Kier molecular flexibility index (Phi) is 6.59. The van der Waals surface area contributed by atoms with Gasteiger partial charge in [0.1, 0.15) is 6.33 Å². The van der Waals surface area contributed by atoms with Crippen molar-refractivity contribution in [2.24, 2.45) is 0 Å². The largest absolute Gasteiger partial charge is 0.455 e. The highest BCUT2D eigenvalue weighted by atomic mass is 16.5. The molecule has 0 radical (unpaired) electrons. The SMILES string of the molecule is CCCCNC(=O)NC(=O)COC(=O)Cc1c(C)nc2ncnn2c1C. The van der Waals surface area contributed by atoms with Gasteiger partial charge in [-0.25, -0.2) is 14.3 Å². The highest BCUT2D eigenvalue weighted by molar-refractivity contribution is 5.95. The third kappa shape index (κ3) is 4.98. The zero-order chi connectivity index (χ0) is 19.1. The van der Waals surface area contributed by atoms with Crippen LogP contribution in [0.2, 0.25) is 0 Å². The Morgan fingerprint density at radius 3 is 2.77 bits per heavy atom. The van der Waals surface area contributed by atoms with Crippen LogP contribution >= 0.6 is 0 Å². The predicted molar refractivity (Wildman–Crippen MR) is 91.4 cm³/mol. The van der Waals surface area contributed by atoms with Crippen LogP contribution in [0.5, 0.6) is 0 Å². The van der Waals surface area contributed by atoms with E-state index in [2.05, 4.69) is 25.7 Å². The first-order valence-electron chi connectivity index (χ1n) is 8.31. The number of amides is 3. The first-order valence-corrected chi connectivity index (χ1v) is 8.31. The second-order valence-corrected chi connectivity index (χ2v) is 5.73. The lowest BCUT2D eigenvalue weighted by molar-refractivity contribution is -0.147. The first kappa shape index (κ1) is 19.3. The summed E-state index contributed by atoms with van der Waals surface area (Å²) in [5.41, 5.74) is 2.02. The lowest BCUT2D eigenvalue weighted by Gasteiger charge is -2.10. The van der Waals surface area contributed by atoms with Crippen molar-refractivity contribution in [3.05, 3.63) is 23.3 Å². The summed E-state index contributed by atoms with van der Waals surface area (Å²) in [6.07, 6.45) is 3.07. The Morgan fingerprint density at radius 1 is 1.27 bits per heavy atom. The molecule has 0 saturated heterocycles. The average molecular weight is 362 g/mol. The maximum atomic E-state index is 12.0. The molecule has 0 spiro atoms. The van der Waals surface area contributed by atoms with Gasteiger partial charge >= 0.3 is 12.0 Å². The fourth-order valence-corrected chi connectivity index (χ4v) is 2.34. The van der Waals surface area contributed by atoms with Gasteiger partial charge in [-0.15, -0.1) is 0 Å². The molecule has 2 aromatic heterocycles. The second kappa shape index (κ2) is 8.88. The van der Waals surface area contributed by atoms with Crippen molar-refractivity contribution in [3.8, 4) is 0 Å².